The van der Waals surface area contributed by atoms with Crippen LogP contribution in [-0.4, -0.2) is 54.2 Å². The highest BCUT2D eigenvalue weighted by Crippen LogP contribution is 2.23. The molecule has 1 aliphatic rings. The number of nitrogens with zero attached hydrogens (tertiary/aromatic N) is 4. The van der Waals surface area contributed by atoms with Crippen molar-refractivity contribution in [2.45, 2.75) is 13.8 Å². The molecule has 0 aliphatic carbocycles. The van der Waals surface area contributed by atoms with Gasteiger partial charge in [-0.15, -0.1) is 10.2 Å². The number of hydrogen-bond donors (Lipinski definition) is 1. The van der Waals surface area contributed by atoms with Crippen LogP contribution in [0, 0.1) is 13.8 Å². The van der Waals surface area contributed by atoms with E-state index in [1.165, 1.54) is 0 Å². The second kappa shape index (κ2) is 8.63. The monoisotopic (exact) mass is 401 g/mol. The molecule has 0 unspecified atom stereocenters. The third-order valence-electron chi connectivity index (χ3n) is 5.38. The molecule has 2 aromatic carbocycles. The molecule has 154 valence electrons. The van der Waals surface area contributed by atoms with Gasteiger partial charge in [-0.3, -0.25) is 4.79 Å². The number of amides is 1. The van der Waals surface area contributed by atoms with Crippen LogP contribution in [0.3, 0.4) is 0 Å². The fourth-order valence-electron chi connectivity index (χ4n) is 3.75. The summed E-state index contributed by atoms with van der Waals surface area (Å²) in [4.78, 5) is 17.2. The zero-order valence-corrected chi connectivity index (χ0v) is 17.7. The predicted molar refractivity (Wildman–Crippen MR) is 121 cm³/mol. The van der Waals surface area contributed by atoms with Gasteiger partial charge in [0.2, 0.25) is 0 Å². The van der Waals surface area contributed by atoms with Gasteiger partial charge < -0.3 is 15.1 Å². The molecule has 1 saturated heterocycles. The first kappa shape index (κ1) is 20.0. The maximum Gasteiger partial charge on any atom is 0.255 e. The minimum Gasteiger partial charge on any atom is -0.353 e. The molecule has 0 bridgehead atoms. The Morgan fingerprint density at radius 2 is 1.63 bits per heavy atom. The maximum absolute atomic E-state index is 12.7. The van der Waals surface area contributed by atoms with Gasteiger partial charge in [0.25, 0.3) is 5.91 Å². The second-order valence-corrected chi connectivity index (χ2v) is 7.98. The first-order chi connectivity index (χ1) is 14.5. The number of benzene rings is 2. The molecule has 4 rings (SSSR count). The third-order valence-corrected chi connectivity index (χ3v) is 5.38. The van der Waals surface area contributed by atoms with Crippen molar-refractivity contribution in [1.82, 2.24) is 15.1 Å². The zero-order valence-electron chi connectivity index (χ0n) is 17.7. The molecule has 6 nitrogen and oxygen atoms in total. The Morgan fingerprint density at radius 3 is 2.30 bits per heavy atom. The second-order valence-electron chi connectivity index (χ2n) is 7.98. The van der Waals surface area contributed by atoms with Gasteiger partial charge >= 0.3 is 0 Å². The lowest BCUT2D eigenvalue weighted by molar-refractivity contribution is 0.102. The molecule has 1 N–H and O–H groups in total. The lowest BCUT2D eigenvalue weighted by atomic mass is 10.1. The van der Waals surface area contributed by atoms with Gasteiger partial charge in [0, 0.05) is 43.0 Å². The minimum atomic E-state index is -0.115. The van der Waals surface area contributed by atoms with Crippen LogP contribution in [0.4, 0.5) is 11.5 Å². The summed E-state index contributed by atoms with van der Waals surface area (Å²) in [5.74, 6) is 0.793. The van der Waals surface area contributed by atoms with Crippen molar-refractivity contribution in [2.75, 3.05) is 43.4 Å². The van der Waals surface area contributed by atoms with Gasteiger partial charge in [0.05, 0.1) is 5.69 Å². The van der Waals surface area contributed by atoms with Crippen LogP contribution >= 0.6 is 0 Å². The van der Waals surface area contributed by atoms with Crippen molar-refractivity contribution >= 4 is 17.4 Å². The molecule has 0 spiro atoms. The molecule has 1 aromatic heterocycles. The van der Waals surface area contributed by atoms with Gasteiger partial charge in [-0.05, 0) is 57.3 Å². The summed E-state index contributed by atoms with van der Waals surface area (Å²) >= 11 is 0. The van der Waals surface area contributed by atoms with Crippen molar-refractivity contribution in [3.63, 3.8) is 0 Å². The number of aryl methyl sites for hydroxylation is 2. The maximum atomic E-state index is 12.7. The SMILES string of the molecule is Cc1cc(C)cc(C(=O)Nc2cccc(-c3ccc(N4CCN(C)CC4)nn3)c2)c1. The first-order valence-electron chi connectivity index (χ1n) is 10.3. The Bertz CT molecular complexity index is 1020. The van der Waals surface area contributed by atoms with Crippen LogP contribution in [0.2, 0.25) is 0 Å². The Morgan fingerprint density at radius 1 is 0.900 bits per heavy atom. The molecule has 0 radical (unpaired) electrons. The highest BCUT2D eigenvalue weighted by Gasteiger charge is 2.16. The number of carbonyl (C=O) groups excluding carboxylic acids is 1. The molecule has 0 saturated carbocycles. The van der Waals surface area contributed by atoms with Crippen molar-refractivity contribution in [3.8, 4) is 11.3 Å². The molecule has 30 heavy (non-hydrogen) atoms. The van der Waals surface area contributed by atoms with Crippen LogP contribution in [0.5, 0.6) is 0 Å². The van der Waals surface area contributed by atoms with Gasteiger partial charge in [-0.1, -0.05) is 29.3 Å². The molecular weight excluding hydrogens is 374 g/mol. The number of carbonyl (C=O) groups is 1. The highest BCUT2D eigenvalue weighted by molar-refractivity contribution is 6.04. The van der Waals surface area contributed by atoms with E-state index in [9.17, 15) is 4.79 Å². The number of rotatable bonds is 4. The van der Waals surface area contributed by atoms with E-state index in [4.69, 9.17) is 0 Å². The van der Waals surface area contributed by atoms with E-state index in [2.05, 4.69) is 38.4 Å². The van der Waals surface area contributed by atoms with E-state index in [0.717, 1.165) is 60.1 Å². The third kappa shape index (κ3) is 4.66. The Kier molecular flexibility index (Phi) is 5.77. The fraction of sp³-hybridized carbons (Fsp3) is 0.292. The number of hydrogen-bond acceptors (Lipinski definition) is 5. The molecule has 1 fully saturated rings. The summed E-state index contributed by atoms with van der Waals surface area (Å²) in [6, 6.07) is 17.6. The van der Waals surface area contributed by atoms with E-state index in [-0.39, 0.29) is 5.91 Å². The van der Waals surface area contributed by atoms with Crippen molar-refractivity contribution in [2.24, 2.45) is 0 Å². The predicted octanol–water partition coefficient (Wildman–Crippen LogP) is 3.76. The number of likely N-dealkylation sites (N-methyl/N-ethyl adjacent to an activating group) is 1. The number of nitrogens with one attached hydrogen (secondary N) is 1. The molecule has 6 heteroatoms. The van der Waals surface area contributed by atoms with Crippen LogP contribution in [0.25, 0.3) is 11.3 Å². The van der Waals surface area contributed by atoms with Gasteiger partial charge in [0.15, 0.2) is 5.82 Å². The van der Waals surface area contributed by atoms with Crippen molar-refractivity contribution in [1.29, 1.82) is 0 Å². The fourth-order valence-corrected chi connectivity index (χ4v) is 3.75. The summed E-state index contributed by atoms with van der Waals surface area (Å²) in [6.45, 7) is 7.98. The smallest absolute Gasteiger partial charge is 0.255 e. The summed E-state index contributed by atoms with van der Waals surface area (Å²) < 4.78 is 0. The van der Waals surface area contributed by atoms with Crippen LogP contribution < -0.4 is 10.2 Å². The van der Waals surface area contributed by atoms with E-state index in [0.29, 0.717) is 5.56 Å². The summed E-state index contributed by atoms with van der Waals surface area (Å²) in [6.07, 6.45) is 0. The summed E-state index contributed by atoms with van der Waals surface area (Å²) in [5.41, 5.74) is 5.26. The molecular formula is C24H27N5O. The van der Waals surface area contributed by atoms with E-state index >= 15 is 0 Å². The average molecular weight is 402 g/mol. The van der Waals surface area contributed by atoms with Gasteiger partial charge in [0.1, 0.15) is 0 Å². The molecule has 3 aromatic rings. The summed E-state index contributed by atoms with van der Waals surface area (Å²) in [5, 5.41) is 11.8. The normalized spacial score (nSPS) is 14.6. The van der Waals surface area contributed by atoms with Gasteiger partial charge in [-0.25, -0.2) is 0 Å². The first-order valence-corrected chi connectivity index (χ1v) is 10.3. The lowest BCUT2D eigenvalue weighted by Crippen LogP contribution is -2.44. The lowest BCUT2D eigenvalue weighted by Gasteiger charge is -2.32. The molecule has 0 atom stereocenters. The standard InChI is InChI=1S/C24H27N5O/c1-17-13-18(2)15-20(14-17)24(30)25-21-6-4-5-19(16-21)22-7-8-23(27-26-22)29-11-9-28(3)10-12-29/h4-8,13-16H,9-12H2,1-3H3,(H,25,30). The number of anilines is 2. The minimum absolute atomic E-state index is 0.115. The van der Waals surface area contributed by atoms with Crippen LogP contribution in [0.1, 0.15) is 21.5 Å². The summed E-state index contributed by atoms with van der Waals surface area (Å²) in [7, 11) is 2.14. The number of aromatic nitrogens is 2. The topological polar surface area (TPSA) is 61.4 Å². The van der Waals surface area contributed by atoms with Crippen molar-refractivity contribution < 1.29 is 4.79 Å². The Hall–Kier alpha value is -3.25. The Labute approximate surface area is 177 Å². The molecule has 2 heterocycles. The van der Waals surface area contributed by atoms with E-state index < -0.39 is 0 Å². The highest BCUT2D eigenvalue weighted by atomic mass is 16.1. The number of piperazine rings is 1. The largest absolute Gasteiger partial charge is 0.353 e. The van der Waals surface area contributed by atoms with Gasteiger partial charge in [-0.2, -0.15) is 0 Å². The Balaban J connectivity index is 1.48. The average Bonchev–Trinajstić information content (AvgIpc) is 2.74. The quantitative estimate of drug-likeness (QED) is 0.721. The van der Waals surface area contributed by atoms with Crippen molar-refractivity contribution in [3.05, 3.63) is 71.3 Å². The van der Waals surface area contributed by atoms with Crippen LogP contribution in [0.15, 0.2) is 54.6 Å². The van der Waals surface area contributed by atoms with Crippen LogP contribution in [-0.2, 0) is 0 Å². The molecule has 1 amide bonds. The molecule has 1 aliphatic heterocycles. The van der Waals surface area contributed by atoms with E-state index in [1.807, 2.05) is 62.4 Å². The van der Waals surface area contributed by atoms with E-state index in [1.54, 1.807) is 0 Å². The zero-order chi connectivity index (χ0) is 21.1.